The van der Waals surface area contributed by atoms with Gasteiger partial charge in [-0.3, -0.25) is 14.4 Å². The van der Waals surface area contributed by atoms with Crippen molar-refractivity contribution in [3.63, 3.8) is 0 Å². The summed E-state index contributed by atoms with van der Waals surface area (Å²) in [6.07, 6.45) is 2.98. The molecular weight excluding hydrogens is 510 g/mol. The molecule has 7 nitrogen and oxygen atoms in total. The van der Waals surface area contributed by atoms with E-state index in [4.69, 9.17) is 0 Å². The number of benzene rings is 2. The number of aliphatic hydroxyl groups excluding tert-OH is 1. The Bertz CT molecular complexity index is 1190. The van der Waals surface area contributed by atoms with Crippen LogP contribution in [-0.4, -0.2) is 62.5 Å². The van der Waals surface area contributed by atoms with Crippen molar-refractivity contribution in [2.24, 2.45) is 17.8 Å². The summed E-state index contributed by atoms with van der Waals surface area (Å²) in [5.41, 5.74) is 1.68. The molecule has 39 heavy (non-hydrogen) atoms. The highest BCUT2D eigenvalue weighted by molar-refractivity contribution is 8.02. The fourth-order valence-corrected chi connectivity index (χ4v) is 9.57. The number of fused-ring (bicyclic) bond motifs is 1. The first-order valence-electron chi connectivity index (χ1n) is 14.1. The van der Waals surface area contributed by atoms with Crippen LogP contribution < -0.4 is 10.6 Å². The van der Waals surface area contributed by atoms with Crippen LogP contribution in [0.25, 0.3) is 0 Å². The van der Waals surface area contributed by atoms with Gasteiger partial charge in [0.15, 0.2) is 0 Å². The molecule has 2 bridgehead atoms. The topological polar surface area (TPSA) is 98.7 Å². The summed E-state index contributed by atoms with van der Waals surface area (Å²) in [5, 5.41) is 16.8. The first-order chi connectivity index (χ1) is 18.8. The molecule has 0 aromatic heterocycles. The molecule has 8 heteroatoms. The number of thioether (sulfide) groups is 1. The third-order valence-electron chi connectivity index (χ3n) is 8.80. The smallest absolute Gasteiger partial charge is 0.244 e. The first-order valence-corrected chi connectivity index (χ1v) is 15.0. The van der Waals surface area contributed by atoms with Gasteiger partial charge in [0.1, 0.15) is 6.04 Å². The molecule has 3 fully saturated rings. The average molecular weight is 550 g/mol. The van der Waals surface area contributed by atoms with Crippen molar-refractivity contribution in [1.82, 2.24) is 10.2 Å². The van der Waals surface area contributed by atoms with Crippen LogP contribution in [0.2, 0.25) is 0 Å². The molecule has 3 saturated heterocycles. The summed E-state index contributed by atoms with van der Waals surface area (Å²) in [6.45, 7) is 5.92. The van der Waals surface area contributed by atoms with Gasteiger partial charge in [-0.05, 0) is 49.8 Å². The van der Waals surface area contributed by atoms with E-state index in [1.54, 1.807) is 16.7 Å². The molecule has 2 aromatic rings. The standard InChI is InChI=1S/C31H39N3O4S/c1-4-11-20(3)32-29(37)27-31-19(2)16-24(39-31)25(28(36)33-22-14-9-6-10-15-22)26(31)30(38)34(27)23(18-35)17-21-12-7-5-8-13-21/h5-10,12-15,19-20,23-27,35H,4,11,16-18H2,1-3H3,(H,32,37)(H,33,36)/t19?,20?,23-,24+,25-,26+,27?,31?/m1/s1. The third-order valence-corrected chi connectivity index (χ3v) is 10.9. The number of nitrogens with zero attached hydrogens (tertiary/aromatic N) is 1. The maximum absolute atomic E-state index is 14.4. The average Bonchev–Trinajstić information content (AvgIpc) is 3.52. The molecule has 3 aliphatic heterocycles. The fraction of sp³-hybridized carbons (Fsp3) is 0.516. The maximum Gasteiger partial charge on any atom is 0.244 e. The number of carbonyl (C=O) groups excluding carboxylic acids is 3. The summed E-state index contributed by atoms with van der Waals surface area (Å²) in [4.78, 5) is 43.9. The zero-order valence-corrected chi connectivity index (χ0v) is 23.7. The molecule has 1 spiro atoms. The Morgan fingerprint density at radius 3 is 2.41 bits per heavy atom. The van der Waals surface area contributed by atoms with Crippen LogP contribution in [0.3, 0.4) is 0 Å². The zero-order chi connectivity index (χ0) is 27.7. The Hall–Kier alpha value is -2.84. The van der Waals surface area contributed by atoms with Gasteiger partial charge < -0.3 is 20.6 Å². The second-order valence-corrected chi connectivity index (χ2v) is 12.9. The second-order valence-electron chi connectivity index (χ2n) is 11.4. The van der Waals surface area contributed by atoms with Crippen LogP contribution in [0, 0.1) is 17.8 Å². The van der Waals surface area contributed by atoms with Gasteiger partial charge in [-0.2, -0.15) is 0 Å². The minimum atomic E-state index is -0.755. The third kappa shape index (κ3) is 4.86. The van der Waals surface area contributed by atoms with Crippen LogP contribution in [0.1, 0.15) is 45.6 Å². The van der Waals surface area contributed by atoms with Crippen molar-refractivity contribution in [1.29, 1.82) is 0 Å². The molecular formula is C31H39N3O4S. The number of aliphatic hydroxyl groups is 1. The highest BCUT2D eigenvalue weighted by atomic mass is 32.2. The SMILES string of the molecule is CCCC(C)NC(=O)C1N([C@@H](CO)Cc2ccccc2)C(=O)[C@@H]2[C@H](C(=O)Nc3ccccc3)[C@@H]3CC(C)C12S3. The molecule has 208 valence electrons. The van der Waals surface area contributed by atoms with Crippen molar-refractivity contribution in [3.05, 3.63) is 66.2 Å². The van der Waals surface area contributed by atoms with Gasteiger partial charge in [0.05, 0.1) is 29.2 Å². The lowest BCUT2D eigenvalue weighted by Crippen LogP contribution is -2.59. The van der Waals surface area contributed by atoms with Crippen molar-refractivity contribution < 1.29 is 19.5 Å². The summed E-state index contributed by atoms with van der Waals surface area (Å²) >= 11 is 1.66. The van der Waals surface area contributed by atoms with Crippen molar-refractivity contribution in [3.8, 4) is 0 Å². The van der Waals surface area contributed by atoms with Gasteiger partial charge in [0, 0.05) is 17.0 Å². The quantitative estimate of drug-likeness (QED) is 0.418. The molecule has 3 amide bonds. The van der Waals surface area contributed by atoms with Crippen LogP contribution in [0.4, 0.5) is 5.69 Å². The van der Waals surface area contributed by atoms with E-state index >= 15 is 0 Å². The Morgan fingerprint density at radius 1 is 1.10 bits per heavy atom. The van der Waals surface area contributed by atoms with Crippen molar-refractivity contribution >= 4 is 35.2 Å². The molecule has 0 radical (unpaired) electrons. The number of amides is 3. The monoisotopic (exact) mass is 549 g/mol. The van der Waals surface area contributed by atoms with Crippen LogP contribution >= 0.6 is 11.8 Å². The van der Waals surface area contributed by atoms with Crippen LogP contribution in [0.15, 0.2) is 60.7 Å². The fourth-order valence-electron chi connectivity index (χ4n) is 7.16. The van der Waals surface area contributed by atoms with Crippen molar-refractivity contribution in [2.45, 2.75) is 74.6 Å². The minimum absolute atomic E-state index is 0.0345. The van der Waals surface area contributed by atoms with E-state index < -0.39 is 28.7 Å². The molecule has 3 N–H and O–H groups in total. The van der Waals surface area contributed by atoms with E-state index in [2.05, 4.69) is 24.5 Å². The summed E-state index contributed by atoms with van der Waals surface area (Å²) in [7, 11) is 0. The van der Waals surface area contributed by atoms with Gasteiger partial charge in [-0.1, -0.05) is 68.8 Å². The Balaban J connectivity index is 1.53. The van der Waals surface area contributed by atoms with E-state index in [1.807, 2.05) is 67.6 Å². The zero-order valence-electron chi connectivity index (χ0n) is 22.9. The Morgan fingerprint density at radius 2 is 1.77 bits per heavy atom. The number of hydrogen-bond donors (Lipinski definition) is 3. The number of anilines is 1. The summed E-state index contributed by atoms with van der Waals surface area (Å²) in [5.74, 6) is -1.63. The first kappa shape index (κ1) is 27.7. The van der Waals surface area contributed by atoms with E-state index in [0.717, 1.165) is 24.8 Å². The number of hydrogen-bond acceptors (Lipinski definition) is 5. The molecule has 0 aliphatic carbocycles. The predicted molar refractivity (Wildman–Crippen MR) is 154 cm³/mol. The maximum atomic E-state index is 14.4. The van der Waals surface area contributed by atoms with E-state index in [-0.39, 0.29) is 41.5 Å². The molecule has 3 aliphatic rings. The summed E-state index contributed by atoms with van der Waals surface area (Å²) < 4.78 is -0.722. The van der Waals surface area contributed by atoms with Crippen LogP contribution in [-0.2, 0) is 20.8 Å². The number of carbonyl (C=O) groups is 3. The highest BCUT2D eigenvalue weighted by Crippen LogP contribution is 2.68. The molecule has 2 aromatic carbocycles. The van der Waals surface area contributed by atoms with E-state index in [9.17, 15) is 19.5 Å². The van der Waals surface area contributed by atoms with E-state index in [0.29, 0.717) is 12.1 Å². The van der Waals surface area contributed by atoms with Crippen molar-refractivity contribution in [2.75, 3.05) is 11.9 Å². The number of para-hydroxylation sites is 1. The Labute approximate surface area is 235 Å². The van der Waals surface area contributed by atoms with Gasteiger partial charge in [-0.25, -0.2) is 0 Å². The largest absolute Gasteiger partial charge is 0.394 e. The van der Waals surface area contributed by atoms with Crippen LogP contribution in [0.5, 0.6) is 0 Å². The van der Waals surface area contributed by atoms with Gasteiger partial charge >= 0.3 is 0 Å². The number of likely N-dealkylation sites (tertiary alicyclic amines) is 1. The molecule has 8 atom stereocenters. The molecule has 5 rings (SSSR count). The molecule has 4 unspecified atom stereocenters. The molecule has 3 heterocycles. The lowest BCUT2D eigenvalue weighted by Gasteiger charge is -2.40. The van der Waals surface area contributed by atoms with E-state index in [1.165, 1.54) is 0 Å². The normalized spacial score (nSPS) is 30.6. The minimum Gasteiger partial charge on any atom is -0.394 e. The van der Waals surface area contributed by atoms with Gasteiger partial charge in [0.2, 0.25) is 17.7 Å². The molecule has 0 saturated carbocycles. The predicted octanol–water partition coefficient (Wildman–Crippen LogP) is 3.87. The lowest BCUT2D eigenvalue weighted by molar-refractivity contribution is -0.142. The second kappa shape index (κ2) is 11.3. The number of rotatable bonds is 10. The lowest BCUT2D eigenvalue weighted by atomic mass is 9.65. The summed E-state index contributed by atoms with van der Waals surface area (Å²) in [6, 6.07) is 17.7. The number of nitrogens with one attached hydrogen (secondary N) is 2. The van der Waals surface area contributed by atoms with Gasteiger partial charge in [0.25, 0.3) is 0 Å². The highest BCUT2D eigenvalue weighted by Gasteiger charge is 2.76. The van der Waals surface area contributed by atoms with Gasteiger partial charge in [-0.15, -0.1) is 11.8 Å². The Kier molecular flexibility index (Phi) is 8.06.